The minimum Gasteiger partial charge on any atom is -0.379 e. The van der Waals surface area contributed by atoms with E-state index >= 15 is 0 Å². The molecule has 0 spiro atoms. The Kier molecular flexibility index (Phi) is 5.67. The fourth-order valence-electron chi connectivity index (χ4n) is 3.63. The molecule has 3 heteroatoms. The number of morpholine rings is 1. The van der Waals surface area contributed by atoms with Crippen molar-refractivity contribution < 1.29 is 4.74 Å². The molecule has 2 fully saturated rings. The molecule has 116 valence electrons. The van der Waals surface area contributed by atoms with E-state index in [1.807, 2.05) is 0 Å². The average molecular weight is 288 g/mol. The molecule has 2 aliphatic heterocycles. The molecule has 0 aliphatic carbocycles. The standard InChI is InChI=1S/C18H28N2O/c1-2-6-17(7-3-1)8-4-10-19-11-5-9-18(16-19)20-12-14-21-15-13-20/h1-3,6-7,18H,4-5,8-16H2. The molecule has 0 saturated carbocycles. The Labute approximate surface area is 128 Å². The van der Waals surface area contributed by atoms with Gasteiger partial charge in [0.15, 0.2) is 0 Å². The highest BCUT2D eigenvalue weighted by Crippen LogP contribution is 2.17. The van der Waals surface area contributed by atoms with E-state index in [1.54, 1.807) is 0 Å². The topological polar surface area (TPSA) is 15.7 Å². The summed E-state index contributed by atoms with van der Waals surface area (Å²) in [5, 5.41) is 0. The van der Waals surface area contributed by atoms with Gasteiger partial charge in [-0.15, -0.1) is 0 Å². The third kappa shape index (κ3) is 4.53. The van der Waals surface area contributed by atoms with Crippen LogP contribution in [-0.4, -0.2) is 61.8 Å². The molecular weight excluding hydrogens is 260 g/mol. The smallest absolute Gasteiger partial charge is 0.0594 e. The predicted octanol–water partition coefficient (Wildman–Crippen LogP) is 2.42. The molecule has 1 aromatic carbocycles. The maximum Gasteiger partial charge on any atom is 0.0594 e. The third-order valence-electron chi connectivity index (χ3n) is 4.83. The van der Waals surface area contributed by atoms with Crippen LogP contribution < -0.4 is 0 Å². The molecule has 0 amide bonds. The van der Waals surface area contributed by atoms with E-state index < -0.39 is 0 Å². The van der Waals surface area contributed by atoms with Crippen molar-refractivity contribution in [2.24, 2.45) is 0 Å². The summed E-state index contributed by atoms with van der Waals surface area (Å²) >= 11 is 0. The zero-order valence-electron chi connectivity index (χ0n) is 13.0. The molecule has 0 N–H and O–H groups in total. The van der Waals surface area contributed by atoms with Crippen LogP contribution in [0.5, 0.6) is 0 Å². The zero-order valence-corrected chi connectivity index (χ0v) is 13.0. The number of aryl methyl sites for hydroxylation is 1. The van der Waals surface area contributed by atoms with Crippen LogP contribution in [0.1, 0.15) is 24.8 Å². The van der Waals surface area contributed by atoms with Crippen LogP contribution >= 0.6 is 0 Å². The van der Waals surface area contributed by atoms with Crippen LogP contribution in [0.15, 0.2) is 30.3 Å². The molecule has 0 radical (unpaired) electrons. The monoisotopic (exact) mass is 288 g/mol. The molecule has 1 aromatic rings. The van der Waals surface area contributed by atoms with Crippen molar-refractivity contribution in [2.75, 3.05) is 45.9 Å². The van der Waals surface area contributed by atoms with E-state index in [4.69, 9.17) is 4.74 Å². The average Bonchev–Trinajstić information content (AvgIpc) is 2.57. The second-order valence-electron chi connectivity index (χ2n) is 6.33. The number of ether oxygens (including phenoxy) is 1. The van der Waals surface area contributed by atoms with Gasteiger partial charge in [-0.2, -0.15) is 0 Å². The lowest BCUT2D eigenvalue weighted by Gasteiger charge is -2.41. The van der Waals surface area contributed by atoms with E-state index in [2.05, 4.69) is 40.1 Å². The van der Waals surface area contributed by atoms with Gasteiger partial charge in [0.05, 0.1) is 13.2 Å². The summed E-state index contributed by atoms with van der Waals surface area (Å²) in [6.45, 7) is 7.89. The van der Waals surface area contributed by atoms with Gasteiger partial charge < -0.3 is 9.64 Å². The van der Waals surface area contributed by atoms with E-state index in [-0.39, 0.29) is 0 Å². The Bertz CT molecular complexity index is 403. The molecule has 1 unspecified atom stereocenters. The SMILES string of the molecule is c1ccc(CCCN2CCCC(N3CCOCC3)C2)cc1. The molecule has 0 aromatic heterocycles. The number of rotatable bonds is 5. The van der Waals surface area contributed by atoms with E-state index in [1.165, 1.54) is 50.9 Å². The first-order chi connectivity index (χ1) is 10.4. The van der Waals surface area contributed by atoms with Crippen molar-refractivity contribution in [1.29, 1.82) is 0 Å². The van der Waals surface area contributed by atoms with Crippen LogP contribution in [0.2, 0.25) is 0 Å². The summed E-state index contributed by atoms with van der Waals surface area (Å²) in [6.07, 6.45) is 5.21. The van der Waals surface area contributed by atoms with Crippen LogP contribution in [0.3, 0.4) is 0 Å². The van der Waals surface area contributed by atoms with Gasteiger partial charge in [0, 0.05) is 25.7 Å². The van der Waals surface area contributed by atoms with Gasteiger partial charge in [0.1, 0.15) is 0 Å². The van der Waals surface area contributed by atoms with Crippen molar-refractivity contribution in [3.05, 3.63) is 35.9 Å². The summed E-state index contributed by atoms with van der Waals surface area (Å²) in [7, 11) is 0. The maximum absolute atomic E-state index is 5.48. The van der Waals surface area contributed by atoms with Crippen LogP contribution in [0.25, 0.3) is 0 Å². The zero-order chi connectivity index (χ0) is 14.3. The van der Waals surface area contributed by atoms with E-state index in [9.17, 15) is 0 Å². The van der Waals surface area contributed by atoms with Gasteiger partial charge in [-0.3, -0.25) is 4.90 Å². The molecule has 3 rings (SSSR count). The lowest BCUT2D eigenvalue weighted by atomic mass is 10.0. The Morgan fingerprint density at radius 2 is 1.86 bits per heavy atom. The van der Waals surface area contributed by atoms with E-state index in [0.29, 0.717) is 0 Å². The molecular formula is C18H28N2O. The Morgan fingerprint density at radius 1 is 1.05 bits per heavy atom. The van der Waals surface area contributed by atoms with Crippen molar-refractivity contribution in [3.63, 3.8) is 0 Å². The number of hydrogen-bond donors (Lipinski definition) is 0. The predicted molar refractivity (Wildman–Crippen MR) is 86.6 cm³/mol. The van der Waals surface area contributed by atoms with Crippen molar-refractivity contribution in [2.45, 2.75) is 31.7 Å². The molecule has 1 atom stereocenters. The molecule has 3 nitrogen and oxygen atoms in total. The first-order valence-electron chi connectivity index (χ1n) is 8.50. The van der Waals surface area contributed by atoms with E-state index in [0.717, 1.165) is 32.3 Å². The number of hydrogen-bond acceptors (Lipinski definition) is 3. The van der Waals surface area contributed by atoms with Crippen LogP contribution in [0.4, 0.5) is 0 Å². The summed E-state index contributed by atoms with van der Waals surface area (Å²) < 4.78 is 5.48. The normalized spacial score (nSPS) is 25.0. The number of likely N-dealkylation sites (tertiary alicyclic amines) is 1. The summed E-state index contributed by atoms with van der Waals surface area (Å²) in [5.41, 5.74) is 1.47. The van der Waals surface area contributed by atoms with Gasteiger partial charge in [-0.05, 0) is 44.3 Å². The highest BCUT2D eigenvalue weighted by molar-refractivity contribution is 5.14. The number of piperidine rings is 1. The summed E-state index contributed by atoms with van der Waals surface area (Å²) in [4.78, 5) is 5.32. The molecule has 21 heavy (non-hydrogen) atoms. The van der Waals surface area contributed by atoms with Crippen molar-refractivity contribution >= 4 is 0 Å². The lowest BCUT2D eigenvalue weighted by molar-refractivity contribution is -0.00263. The fraction of sp³-hybridized carbons (Fsp3) is 0.667. The minimum absolute atomic E-state index is 0.763. The second kappa shape index (κ2) is 7.92. The van der Waals surface area contributed by atoms with Gasteiger partial charge in [-0.1, -0.05) is 30.3 Å². The van der Waals surface area contributed by atoms with Crippen LogP contribution in [0, 0.1) is 0 Å². The lowest BCUT2D eigenvalue weighted by Crippen LogP contribution is -2.51. The highest BCUT2D eigenvalue weighted by atomic mass is 16.5. The van der Waals surface area contributed by atoms with Gasteiger partial charge in [0.2, 0.25) is 0 Å². The fourth-order valence-corrected chi connectivity index (χ4v) is 3.63. The van der Waals surface area contributed by atoms with Crippen molar-refractivity contribution in [3.8, 4) is 0 Å². The third-order valence-corrected chi connectivity index (χ3v) is 4.83. The maximum atomic E-state index is 5.48. The van der Waals surface area contributed by atoms with Gasteiger partial charge >= 0.3 is 0 Å². The first-order valence-corrected chi connectivity index (χ1v) is 8.50. The molecule has 2 saturated heterocycles. The molecule has 2 heterocycles. The largest absolute Gasteiger partial charge is 0.379 e. The summed E-state index contributed by atoms with van der Waals surface area (Å²) in [5.74, 6) is 0. The van der Waals surface area contributed by atoms with Crippen LogP contribution in [-0.2, 0) is 11.2 Å². The minimum atomic E-state index is 0.763. The van der Waals surface area contributed by atoms with Gasteiger partial charge in [0.25, 0.3) is 0 Å². The number of benzene rings is 1. The molecule has 0 bridgehead atoms. The highest BCUT2D eigenvalue weighted by Gasteiger charge is 2.26. The number of nitrogens with zero attached hydrogens (tertiary/aromatic N) is 2. The quantitative estimate of drug-likeness (QED) is 0.827. The Hall–Kier alpha value is -0.900. The Balaban J connectivity index is 1.41. The first kappa shape index (κ1) is 15.0. The second-order valence-corrected chi connectivity index (χ2v) is 6.33. The van der Waals surface area contributed by atoms with Gasteiger partial charge in [-0.25, -0.2) is 0 Å². The van der Waals surface area contributed by atoms with Crippen molar-refractivity contribution in [1.82, 2.24) is 9.80 Å². The Morgan fingerprint density at radius 3 is 2.67 bits per heavy atom. The molecule has 2 aliphatic rings. The summed E-state index contributed by atoms with van der Waals surface area (Å²) in [6, 6.07) is 11.6.